The molecule has 0 fully saturated rings. The molecule has 0 heterocycles. The summed E-state index contributed by atoms with van der Waals surface area (Å²) in [7, 11) is -3.45. The average Bonchev–Trinajstić information content (AvgIpc) is 3.00. The van der Waals surface area contributed by atoms with Crippen LogP contribution in [0.4, 0.5) is 0 Å². The van der Waals surface area contributed by atoms with Crippen molar-refractivity contribution < 1.29 is 31.5 Å². The largest absolute Gasteiger partial charge is 0.399 e. The van der Waals surface area contributed by atoms with Gasteiger partial charge in [0, 0.05) is 12.8 Å². The van der Waals surface area contributed by atoms with Gasteiger partial charge < -0.3 is 5.11 Å². The van der Waals surface area contributed by atoms with Crippen LogP contribution in [0.25, 0.3) is 0 Å². The number of carbonyl (C=O) groups is 2. The second kappa shape index (κ2) is 28.6. The molecule has 0 bridgehead atoms. The van der Waals surface area contributed by atoms with Crippen LogP contribution in [-0.4, -0.2) is 44.4 Å². The monoisotopic (exact) mass is 632 g/mol. The Hall–Kier alpha value is -0.830. The zero-order chi connectivity index (χ0) is 32.1. The summed E-state index contributed by atoms with van der Waals surface area (Å²) in [5, 5.41) is 11.0. The molecule has 0 saturated carbocycles. The van der Waals surface area contributed by atoms with Gasteiger partial charge in [0.2, 0.25) is 5.60 Å². The van der Waals surface area contributed by atoms with E-state index in [1.54, 1.807) is 0 Å². The van der Waals surface area contributed by atoms with Crippen molar-refractivity contribution in [1.82, 2.24) is 0 Å². The van der Waals surface area contributed by atoms with Gasteiger partial charge in [-0.25, -0.2) is 4.18 Å². The number of Topliss-reactive ketones (excluding diaryl/α,β-unsaturated/α-hetero) is 2. The van der Waals surface area contributed by atoms with E-state index in [1.165, 1.54) is 116 Å². The van der Waals surface area contributed by atoms with E-state index in [1.807, 2.05) is 0 Å². The molecule has 256 valence electrons. The van der Waals surface area contributed by atoms with Crippen molar-refractivity contribution in [3.8, 4) is 0 Å². The lowest BCUT2D eigenvalue weighted by Gasteiger charge is -2.24. The lowest BCUT2D eigenvalue weighted by Crippen LogP contribution is -2.51. The predicted molar refractivity (Wildman–Crippen MR) is 177 cm³/mol. The van der Waals surface area contributed by atoms with Crippen LogP contribution in [0.15, 0.2) is 0 Å². The highest BCUT2D eigenvalue weighted by Crippen LogP contribution is 2.21. The van der Waals surface area contributed by atoms with Gasteiger partial charge in [-0.3, -0.25) is 13.8 Å². The van der Waals surface area contributed by atoms with Gasteiger partial charge in [0.25, 0.3) is 0 Å². The van der Waals surface area contributed by atoms with Gasteiger partial charge in [0.05, 0.1) is 7.11 Å². The topological polar surface area (TPSA) is 107 Å². The van der Waals surface area contributed by atoms with E-state index in [-0.39, 0.29) is 12.8 Å². The maximum atomic E-state index is 13.0. The Morgan fingerprint density at radius 1 is 0.512 bits per heavy atom. The fraction of sp³-hybridized carbons (Fsp3) is 0.943. The first-order valence-corrected chi connectivity index (χ1v) is 19.3. The maximum Gasteiger partial charge on any atom is 0.399 e. The minimum atomic E-state index is -4.38. The van der Waals surface area contributed by atoms with Crippen molar-refractivity contribution >= 4 is 22.0 Å². The van der Waals surface area contributed by atoms with Crippen molar-refractivity contribution in [2.75, 3.05) is 13.7 Å². The Labute approximate surface area is 266 Å². The van der Waals surface area contributed by atoms with Gasteiger partial charge in [-0.05, 0) is 12.8 Å². The molecule has 0 amide bonds. The van der Waals surface area contributed by atoms with E-state index < -0.39 is 34.2 Å². The lowest BCUT2D eigenvalue weighted by atomic mass is 9.88. The molecule has 8 heteroatoms. The Kier molecular flexibility index (Phi) is 28.1. The van der Waals surface area contributed by atoms with Crippen LogP contribution in [-0.2, 0) is 28.4 Å². The molecule has 0 spiro atoms. The molecule has 0 aromatic heterocycles. The number of rotatable bonds is 34. The Bertz CT molecular complexity index is 724. The normalized spacial score (nSPS) is 12.2. The third-order valence-corrected chi connectivity index (χ3v) is 9.37. The molecule has 0 unspecified atom stereocenters. The molecule has 0 radical (unpaired) electrons. The molecule has 0 aliphatic rings. The molecular formula is C35H68O7S. The van der Waals surface area contributed by atoms with E-state index in [2.05, 4.69) is 22.2 Å². The summed E-state index contributed by atoms with van der Waals surface area (Å²) >= 11 is 0. The molecular weight excluding hydrogens is 564 g/mol. The molecule has 0 aromatic rings. The molecule has 7 nitrogen and oxygen atoms in total. The van der Waals surface area contributed by atoms with Gasteiger partial charge >= 0.3 is 10.4 Å². The summed E-state index contributed by atoms with van der Waals surface area (Å²) in [6.07, 6.45) is 30.4. The SMILES string of the molecule is CCCCCCCCCCCCCCCC(=O)C(O)(COS(=O)(=O)OC)C(=O)CCCCCCCCCCCCCCC. The smallest absolute Gasteiger partial charge is 0.373 e. The van der Waals surface area contributed by atoms with Gasteiger partial charge in [-0.1, -0.05) is 168 Å². The van der Waals surface area contributed by atoms with Crippen molar-refractivity contribution in [1.29, 1.82) is 0 Å². The van der Waals surface area contributed by atoms with E-state index >= 15 is 0 Å². The second-order valence-corrected chi connectivity index (χ2v) is 13.9. The van der Waals surface area contributed by atoms with Crippen molar-refractivity contribution in [2.45, 2.75) is 199 Å². The molecule has 0 atom stereocenters. The zero-order valence-corrected chi connectivity index (χ0v) is 29.1. The third kappa shape index (κ3) is 24.1. The van der Waals surface area contributed by atoms with Crippen LogP contribution < -0.4 is 0 Å². The molecule has 0 aliphatic heterocycles. The van der Waals surface area contributed by atoms with Crippen LogP contribution in [0, 0.1) is 0 Å². The van der Waals surface area contributed by atoms with E-state index in [0.717, 1.165) is 45.6 Å². The van der Waals surface area contributed by atoms with Crippen LogP contribution >= 0.6 is 0 Å². The van der Waals surface area contributed by atoms with E-state index in [0.29, 0.717) is 12.8 Å². The average molecular weight is 633 g/mol. The highest BCUT2D eigenvalue weighted by Gasteiger charge is 2.43. The standard InChI is InChI=1S/C35H68O7S/c1-4-6-8-10-12-14-16-18-20-22-24-26-28-30-33(36)35(38,32-42-43(39,40)41-3)34(37)31-29-27-25-23-21-19-17-15-13-11-9-7-5-2/h38H,4-32H2,1-3H3. The predicted octanol–water partition coefficient (Wildman–Crippen LogP) is 9.73. The van der Waals surface area contributed by atoms with Crippen LogP contribution in [0.3, 0.4) is 0 Å². The van der Waals surface area contributed by atoms with Crippen LogP contribution in [0.1, 0.15) is 194 Å². The number of unbranched alkanes of at least 4 members (excludes halogenated alkanes) is 24. The maximum absolute atomic E-state index is 13.0. The fourth-order valence-electron chi connectivity index (χ4n) is 5.54. The molecule has 0 aliphatic carbocycles. The molecule has 0 rings (SSSR count). The molecule has 43 heavy (non-hydrogen) atoms. The third-order valence-electron chi connectivity index (χ3n) is 8.55. The van der Waals surface area contributed by atoms with Crippen LogP contribution in [0.5, 0.6) is 0 Å². The van der Waals surface area contributed by atoms with E-state index in [4.69, 9.17) is 0 Å². The second-order valence-electron chi connectivity index (χ2n) is 12.5. The highest BCUT2D eigenvalue weighted by molar-refractivity contribution is 7.81. The zero-order valence-electron chi connectivity index (χ0n) is 28.3. The van der Waals surface area contributed by atoms with Gasteiger partial charge in [-0.2, -0.15) is 8.42 Å². The molecule has 1 N–H and O–H groups in total. The van der Waals surface area contributed by atoms with Gasteiger partial charge in [0.15, 0.2) is 11.6 Å². The van der Waals surface area contributed by atoms with Crippen molar-refractivity contribution in [3.05, 3.63) is 0 Å². The Balaban J connectivity index is 4.29. The van der Waals surface area contributed by atoms with Crippen LogP contribution in [0.2, 0.25) is 0 Å². The summed E-state index contributed by atoms with van der Waals surface area (Å²) in [5.41, 5.74) is -2.46. The Morgan fingerprint density at radius 2 is 0.767 bits per heavy atom. The number of aliphatic hydroxyl groups is 1. The van der Waals surface area contributed by atoms with Gasteiger partial charge in [-0.15, -0.1) is 0 Å². The number of hydrogen-bond donors (Lipinski definition) is 1. The summed E-state index contributed by atoms with van der Waals surface area (Å²) < 4.78 is 32.3. The fourth-order valence-corrected chi connectivity index (χ4v) is 5.95. The lowest BCUT2D eigenvalue weighted by molar-refractivity contribution is -0.154. The molecule has 0 saturated heterocycles. The van der Waals surface area contributed by atoms with Crippen molar-refractivity contribution in [2.24, 2.45) is 0 Å². The quantitative estimate of drug-likeness (QED) is 0.0556. The summed E-state index contributed by atoms with van der Waals surface area (Å²) in [6, 6.07) is 0. The van der Waals surface area contributed by atoms with E-state index in [9.17, 15) is 23.1 Å². The molecule has 0 aromatic carbocycles. The summed E-state index contributed by atoms with van der Waals surface area (Å²) in [4.78, 5) is 25.9. The minimum Gasteiger partial charge on any atom is -0.373 e. The highest BCUT2D eigenvalue weighted by atomic mass is 32.3. The number of hydrogen-bond acceptors (Lipinski definition) is 7. The van der Waals surface area contributed by atoms with Gasteiger partial charge in [0.1, 0.15) is 6.61 Å². The van der Waals surface area contributed by atoms with Crippen molar-refractivity contribution in [3.63, 3.8) is 0 Å². The number of ketones is 2. The minimum absolute atomic E-state index is 0.0228. The number of carbonyl (C=O) groups excluding carboxylic acids is 2. The first-order chi connectivity index (χ1) is 20.7. The first-order valence-electron chi connectivity index (χ1n) is 18.0. The summed E-state index contributed by atoms with van der Waals surface area (Å²) in [5.74, 6) is -1.33. The Morgan fingerprint density at radius 3 is 1.02 bits per heavy atom. The first kappa shape index (κ1) is 42.2. The summed E-state index contributed by atoms with van der Waals surface area (Å²) in [6.45, 7) is 3.54.